The molecule has 2 amide bonds. The van der Waals surface area contributed by atoms with E-state index >= 15 is 0 Å². The van der Waals surface area contributed by atoms with Crippen LogP contribution in [-0.4, -0.2) is 58.7 Å². The predicted octanol–water partition coefficient (Wildman–Crippen LogP) is 2.25. The number of rotatable bonds is 9. The molecular formula is C21H25FN2O6. The highest BCUT2D eigenvalue weighted by Crippen LogP contribution is 2.38. The van der Waals surface area contributed by atoms with E-state index in [2.05, 4.69) is 5.32 Å². The van der Waals surface area contributed by atoms with Crippen molar-refractivity contribution in [2.75, 3.05) is 42.0 Å². The smallest absolute Gasteiger partial charge is 0.251 e. The van der Waals surface area contributed by atoms with Crippen LogP contribution in [0.1, 0.15) is 15.9 Å². The molecule has 0 unspecified atom stereocenters. The minimum atomic E-state index is -0.508. The molecule has 0 heterocycles. The molecular weight excluding hydrogens is 395 g/mol. The third kappa shape index (κ3) is 5.31. The second kappa shape index (κ2) is 10.3. The van der Waals surface area contributed by atoms with Gasteiger partial charge in [-0.1, -0.05) is 6.07 Å². The SMILES string of the molecule is COc1ccc(CN(C)C(=O)CNC(=O)c2cc(OC)c(OC)c(OC)c2)cc1F. The van der Waals surface area contributed by atoms with E-state index in [1.807, 2.05) is 0 Å². The molecule has 9 heteroatoms. The summed E-state index contributed by atoms with van der Waals surface area (Å²) in [7, 11) is 7.29. The summed E-state index contributed by atoms with van der Waals surface area (Å²) in [5.74, 6) is -0.187. The van der Waals surface area contributed by atoms with E-state index in [9.17, 15) is 14.0 Å². The third-order valence-electron chi connectivity index (χ3n) is 4.39. The predicted molar refractivity (Wildman–Crippen MR) is 108 cm³/mol. The maximum Gasteiger partial charge on any atom is 0.251 e. The number of methoxy groups -OCH3 is 4. The summed E-state index contributed by atoms with van der Waals surface area (Å²) in [5.41, 5.74) is 0.845. The Kier molecular flexibility index (Phi) is 7.85. The number of hydrogen-bond acceptors (Lipinski definition) is 6. The first kappa shape index (κ1) is 22.8. The lowest BCUT2D eigenvalue weighted by molar-refractivity contribution is -0.129. The van der Waals surface area contributed by atoms with Gasteiger partial charge in [-0.3, -0.25) is 9.59 Å². The summed E-state index contributed by atoms with van der Waals surface area (Å²) in [4.78, 5) is 26.2. The van der Waals surface area contributed by atoms with E-state index in [0.717, 1.165) is 0 Å². The number of nitrogens with zero attached hydrogens (tertiary/aromatic N) is 1. The fourth-order valence-corrected chi connectivity index (χ4v) is 2.78. The molecule has 0 saturated heterocycles. The number of benzene rings is 2. The zero-order valence-corrected chi connectivity index (χ0v) is 17.6. The average molecular weight is 420 g/mol. The number of ether oxygens (including phenoxy) is 4. The van der Waals surface area contributed by atoms with Crippen molar-refractivity contribution in [2.45, 2.75) is 6.54 Å². The lowest BCUT2D eigenvalue weighted by Crippen LogP contribution is -2.37. The normalized spacial score (nSPS) is 10.2. The second-order valence-corrected chi connectivity index (χ2v) is 6.32. The van der Waals surface area contributed by atoms with Gasteiger partial charge in [0.15, 0.2) is 23.1 Å². The van der Waals surface area contributed by atoms with Gasteiger partial charge in [-0.05, 0) is 29.8 Å². The van der Waals surface area contributed by atoms with Crippen molar-refractivity contribution in [3.8, 4) is 23.0 Å². The van der Waals surface area contributed by atoms with Crippen LogP contribution in [0.3, 0.4) is 0 Å². The number of hydrogen-bond donors (Lipinski definition) is 1. The van der Waals surface area contributed by atoms with Gasteiger partial charge in [-0.2, -0.15) is 0 Å². The van der Waals surface area contributed by atoms with Gasteiger partial charge in [0.25, 0.3) is 5.91 Å². The molecule has 0 aliphatic heterocycles. The Hall–Kier alpha value is -3.49. The lowest BCUT2D eigenvalue weighted by Gasteiger charge is -2.18. The Bertz CT molecular complexity index is 893. The molecule has 0 bridgehead atoms. The van der Waals surface area contributed by atoms with Gasteiger partial charge in [0.05, 0.1) is 35.0 Å². The van der Waals surface area contributed by atoms with E-state index in [0.29, 0.717) is 22.8 Å². The fraction of sp³-hybridized carbons (Fsp3) is 0.333. The largest absolute Gasteiger partial charge is 0.494 e. The Morgan fingerprint density at radius 2 is 1.53 bits per heavy atom. The van der Waals surface area contributed by atoms with Crippen molar-refractivity contribution in [3.63, 3.8) is 0 Å². The molecule has 1 N–H and O–H groups in total. The van der Waals surface area contributed by atoms with Crippen molar-refractivity contribution < 1.29 is 32.9 Å². The van der Waals surface area contributed by atoms with Crippen LogP contribution in [0, 0.1) is 5.82 Å². The number of likely N-dealkylation sites (N-methyl/N-ethyl adjacent to an activating group) is 1. The first-order chi connectivity index (χ1) is 14.3. The van der Waals surface area contributed by atoms with Gasteiger partial charge >= 0.3 is 0 Å². The molecule has 0 atom stereocenters. The summed E-state index contributed by atoms with van der Waals surface area (Å²) in [6.07, 6.45) is 0. The molecule has 0 saturated carbocycles. The summed E-state index contributed by atoms with van der Waals surface area (Å²) in [6, 6.07) is 7.45. The first-order valence-electron chi connectivity index (χ1n) is 8.99. The van der Waals surface area contributed by atoms with Gasteiger partial charge in [0.1, 0.15) is 0 Å². The molecule has 0 fully saturated rings. The van der Waals surface area contributed by atoms with Gasteiger partial charge in [0, 0.05) is 19.2 Å². The highest BCUT2D eigenvalue weighted by atomic mass is 19.1. The topological polar surface area (TPSA) is 86.3 Å². The highest BCUT2D eigenvalue weighted by molar-refractivity contribution is 5.97. The number of halogens is 1. The lowest BCUT2D eigenvalue weighted by atomic mass is 10.1. The molecule has 0 radical (unpaired) electrons. The van der Waals surface area contributed by atoms with Crippen LogP contribution in [0.5, 0.6) is 23.0 Å². The van der Waals surface area contributed by atoms with Crippen LogP contribution in [0.4, 0.5) is 4.39 Å². The van der Waals surface area contributed by atoms with E-state index in [-0.39, 0.29) is 30.3 Å². The number of amides is 2. The van der Waals surface area contributed by atoms with Crippen molar-refractivity contribution in [1.29, 1.82) is 0 Å². The summed E-state index contributed by atoms with van der Waals surface area (Å²) >= 11 is 0. The summed E-state index contributed by atoms with van der Waals surface area (Å²) in [5, 5.41) is 2.56. The quantitative estimate of drug-likeness (QED) is 0.670. The second-order valence-electron chi connectivity index (χ2n) is 6.32. The number of nitrogens with one attached hydrogen (secondary N) is 1. The Labute approximate surface area is 174 Å². The van der Waals surface area contributed by atoms with E-state index in [4.69, 9.17) is 18.9 Å². The summed E-state index contributed by atoms with van der Waals surface area (Å²) < 4.78 is 34.4. The third-order valence-corrected chi connectivity index (χ3v) is 4.39. The maximum absolute atomic E-state index is 13.8. The fourth-order valence-electron chi connectivity index (χ4n) is 2.78. The molecule has 8 nitrogen and oxygen atoms in total. The zero-order chi connectivity index (χ0) is 22.3. The van der Waals surface area contributed by atoms with Crippen LogP contribution in [0.25, 0.3) is 0 Å². The summed E-state index contributed by atoms with van der Waals surface area (Å²) in [6.45, 7) is -0.0512. The van der Waals surface area contributed by atoms with E-state index in [1.54, 1.807) is 13.1 Å². The average Bonchev–Trinajstić information content (AvgIpc) is 2.75. The van der Waals surface area contributed by atoms with Gasteiger partial charge in [-0.25, -0.2) is 4.39 Å². The standard InChI is InChI=1S/C21H25FN2O6/c1-24(12-13-6-7-16(27-2)15(22)8-13)19(25)11-23-21(26)14-9-17(28-3)20(30-5)18(10-14)29-4/h6-10H,11-12H2,1-5H3,(H,23,26). The molecule has 0 spiro atoms. The van der Waals surface area contributed by atoms with Crippen LogP contribution in [0.15, 0.2) is 30.3 Å². The van der Waals surface area contributed by atoms with Gasteiger partial charge < -0.3 is 29.2 Å². The van der Waals surface area contributed by atoms with Gasteiger partial charge in [0.2, 0.25) is 11.7 Å². The molecule has 0 aromatic heterocycles. The number of carbonyl (C=O) groups is 2. The van der Waals surface area contributed by atoms with Crippen molar-refractivity contribution >= 4 is 11.8 Å². The Morgan fingerprint density at radius 3 is 2.03 bits per heavy atom. The monoisotopic (exact) mass is 420 g/mol. The molecule has 2 rings (SSSR count). The van der Waals surface area contributed by atoms with Crippen LogP contribution in [0.2, 0.25) is 0 Å². The molecule has 2 aromatic rings. The van der Waals surface area contributed by atoms with Gasteiger partial charge in [-0.15, -0.1) is 0 Å². The van der Waals surface area contributed by atoms with Crippen molar-refractivity contribution in [3.05, 3.63) is 47.3 Å². The van der Waals surface area contributed by atoms with E-state index < -0.39 is 11.7 Å². The minimum Gasteiger partial charge on any atom is -0.494 e. The Morgan fingerprint density at radius 1 is 0.933 bits per heavy atom. The highest BCUT2D eigenvalue weighted by Gasteiger charge is 2.18. The molecule has 0 aliphatic carbocycles. The Balaban J connectivity index is 2.01. The van der Waals surface area contributed by atoms with Crippen LogP contribution >= 0.6 is 0 Å². The van der Waals surface area contributed by atoms with Crippen molar-refractivity contribution in [2.24, 2.45) is 0 Å². The first-order valence-corrected chi connectivity index (χ1v) is 8.99. The number of carbonyl (C=O) groups excluding carboxylic acids is 2. The minimum absolute atomic E-state index is 0.130. The van der Waals surface area contributed by atoms with Crippen molar-refractivity contribution in [1.82, 2.24) is 10.2 Å². The van der Waals surface area contributed by atoms with Crippen LogP contribution in [-0.2, 0) is 11.3 Å². The zero-order valence-electron chi connectivity index (χ0n) is 17.6. The molecule has 30 heavy (non-hydrogen) atoms. The maximum atomic E-state index is 13.8. The molecule has 0 aliphatic rings. The van der Waals surface area contributed by atoms with Crippen LogP contribution < -0.4 is 24.3 Å². The molecule has 162 valence electrons. The van der Waals surface area contributed by atoms with E-state index in [1.165, 1.54) is 57.6 Å². The molecule has 2 aromatic carbocycles.